The Kier molecular flexibility index (Phi) is 4.19. The first kappa shape index (κ1) is 16.4. The van der Waals surface area contributed by atoms with Gasteiger partial charge < -0.3 is 4.90 Å². The number of piperidine rings is 1. The van der Waals surface area contributed by atoms with Gasteiger partial charge in [-0.3, -0.25) is 14.8 Å². The predicted molar refractivity (Wildman–Crippen MR) is 94.9 cm³/mol. The van der Waals surface area contributed by atoms with E-state index in [2.05, 4.69) is 9.97 Å². The van der Waals surface area contributed by atoms with Crippen molar-refractivity contribution in [2.24, 2.45) is 5.92 Å². The van der Waals surface area contributed by atoms with Crippen LogP contribution < -0.4 is 0 Å². The summed E-state index contributed by atoms with van der Waals surface area (Å²) in [5, 5.41) is 1.03. The molecule has 0 radical (unpaired) electrons. The third kappa shape index (κ3) is 3.38. The predicted octanol–water partition coefficient (Wildman–Crippen LogP) is 1.77. The molecule has 2 aromatic rings. The number of carbonyl (C=O) groups excluding carboxylic acids is 1. The number of rotatable bonds is 2. The van der Waals surface area contributed by atoms with E-state index in [1.54, 1.807) is 6.20 Å². The van der Waals surface area contributed by atoms with Crippen LogP contribution in [0.1, 0.15) is 30.9 Å². The molecule has 7 heteroatoms. The second-order valence-corrected chi connectivity index (χ2v) is 9.23. The van der Waals surface area contributed by atoms with Gasteiger partial charge >= 0.3 is 0 Å². The van der Waals surface area contributed by atoms with Crippen molar-refractivity contribution < 1.29 is 13.2 Å². The van der Waals surface area contributed by atoms with Gasteiger partial charge in [-0.1, -0.05) is 0 Å². The molecular weight excluding hydrogens is 338 g/mol. The summed E-state index contributed by atoms with van der Waals surface area (Å²) in [6.07, 6.45) is 5.83. The van der Waals surface area contributed by atoms with E-state index in [-0.39, 0.29) is 23.3 Å². The van der Waals surface area contributed by atoms with Crippen molar-refractivity contribution in [2.45, 2.75) is 25.2 Å². The number of sulfone groups is 1. The Morgan fingerprint density at radius 2 is 1.96 bits per heavy atom. The topological polar surface area (TPSA) is 80.2 Å². The summed E-state index contributed by atoms with van der Waals surface area (Å²) in [4.78, 5) is 23.3. The van der Waals surface area contributed by atoms with E-state index in [4.69, 9.17) is 0 Å². The number of aromatic nitrogens is 2. The Labute approximate surface area is 147 Å². The SMILES string of the molecule is O=C([C@H]1CCS(=O)(=O)C1)N1CCC(c2cc3ncccc3cn2)CC1. The van der Waals surface area contributed by atoms with Crippen LogP contribution in [-0.4, -0.2) is 53.8 Å². The first-order valence-corrected chi connectivity index (χ1v) is 10.5. The average molecular weight is 359 g/mol. The van der Waals surface area contributed by atoms with E-state index in [9.17, 15) is 13.2 Å². The highest BCUT2D eigenvalue weighted by molar-refractivity contribution is 7.91. The van der Waals surface area contributed by atoms with Crippen LogP contribution in [0.15, 0.2) is 30.6 Å². The minimum atomic E-state index is -3.02. The molecule has 132 valence electrons. The largest absolute Gasteiger partial charge is 0.342 e. The van der Waals surface area contributed by atoms with Crippen LogP contribution in [-0.2, 0) is 14.6 Å². The number of fused-ring (bicyclic) bond motifs is 1. The maximum absolute atomic E-state index is 12.5. The zero-order chi connectivity index (χ0) is 17.4. The number of amides is 1. The number of likely N-dealkylation sites (tertiary alicyclic amines) is 1. The summed E-state index contributed by atoms with van der Waals surface area (Å²) in [5.41, 5.74) is 1.98. The molecule has 0 unspecified atom stereocenters. The fraction of sp³-hybridized carbons (Fsp3) is 0.500. The van der Waals surface area contributed by atoms with E-state index < -0.39 is 9.84 Å². The van der Waals surface area contributed by atoms with Gasteiger partial charge in [0.25, 0.3) is 0 Å². The number of hydrogen-bond donors (Lipinski definition) is 0. The zero-order valence-corrected chi connectivity index (χ0v) is 14.8. The lowest BCUT2D eigenvalue weighted by Gasteiger charge is -2.33. The molecule has 1 atom stereocenters. The van der Waals surface area contributed by atoms with Gasteiger partial charge in [-0.2, -0.15) is 0 Å². The Morgan fingerprint density at radius 1 is 1.16 bits per heavy atom. The highest BCUT2D eigenvalue weighted by atomic mass is 32.2. The van der Waals surface area contributed by atoms with Crippen LogP contribution >= 0.6 is 0 Å². The van der Waals surface area contributed by atoms with Crippen molar-refractivity contribution in [1.82, 2.24) is 14.9 Å². The minimum Gasteiger partial charge on any atom is -0.342 e. The van der Waals surface area contributed by atoms with Crippen molar-refractivity contribution in [3.63, 3.8) is 0 Å². The van der Waals surface area contributed by atoms with Gasteiger partial charge in [0, 0.05) is 42.5 Å². The van der Waals surface area contributed by atoms with Gasteiger partial charge in [0.15, 0.2) is 9.84 Å². The lowest BCUT2D eigenvalue weighted by atomic mass is 9.92. The first-order valence-electron chi connectivity index (χ1n) is 8.72. The molecule has 0 N–H and O–H groups in total. The second kappa shape index (κ2) is 6.37. The molecular formula is C18H21N3O3S. The highest BCUT2D eigenvalue weighted by Crippen LogP contribution is 2.30. The quantitative estimate of drug-likeness (QED) is 0.816. The van der Waals surface area contributed by atoms with E-state index in [1.807, 2.05) is 29.3 Å². The Bertz CT molecular complexity index is 905. The molecule has 25 heavy (non-hydrogen) atoms. The highest BCUT2D eigenvalue weighted by Gasteiger charge is 2.36. The molecule has 0 spiro atoms. The monoisotopic (exact) mass is 359 g/mol. The molecule has 0 bridgehead atoms. The second-order valence-electron chi connectivity index (χ2n) is 7.00. The molecule has 1 amide bonds. The third-order valence-corrected chi connectivity index (χ3v) is 7.08. The van der Waals surface area contributed by atoms with Gasteiger partial charge in [0.05, 0.1) is 22.9 Å². The summed E-state index contributed by atoms with van der Waals surface area (Å²) in [6.45, 7) is 1.34. The number of pyridine rings is 2. The van der Waals surface area contributed by atoms with E-state index in [0.717, 1.165) is 29.4 Å². The Balaban J connectivity index is 1.41. The van der Waals surface area contributed by atoms with E-state index >= 15 is 0 Å². The van der Waals surface area contributed by atoms with Gasteiger partial charge in [-0.05, 0) is 37.5 Å². The van der Waals surface area contributed by atoms with E-state index in [0.29, 0.717) is 25.4 Å². The van der Waals surface area contributed by atoms with Gasteiger partial charge in [0.2, 0.25) is 5.91 Å². The van der Waals surface area contributed by atoms with Gasteiger partial charge in [-0.15, -0.1) is 0 Å². The van der Waals surface area contributed by atoms with Crippen LogP contribution in [0.5, 0.6) is 0 Å². The number of carbonyl (C=O) groups is 1. The minimum absolute atomic E-state index is 0.00709. The summed E-state index contributed by atoms with van der Waals surface area (Å²) in [7, 11) is -3.02. The molecule has 4 heterocycles. The molecule has 0 aromatic carbocycles. The van der Waals surface area contributed by atoms with Gasteiger partial charge in [-0.25, -0.2) is 8.42 Å². The molecule has 0 saturated carbocycles. The lowest BCUT2D eigenvalue weighted by Crippen LogP contribution is -2.41. The van der Waals surface area contributed by atoms with Crippen molar-refractivity contribution in [1.29, 1.82) is 0 Å². The smallest absolute Gasteiger partial charge is 0.226 e. The fourth-order valence-corrected chi connectivity index (χ4v) is 5.58. The maximum Gasteiger partial charge on any atom is 0.226 e. The van der Waals surface area contributed by atoms with Crippen LogP contribution in [0.4, 0.5) is 0 Å². The first-order chi connectivity index (χ1) is 12.0. The van der Waals surface area contributed by atoms with Gasteiger partial charge in [0.1, 0.15) is 0 Å². The molecule has 2 saturated heterocycles. The van der Waals surface area contributed by atoms with Crippen molar-refractivity contribution in [2.75, 3.05) is 24.6 Å². The Morgan fingerprint density at radius 3 is 2.68 bits per heavy atom. The van der Waals surface area contributed by atoms with Crippen LogP contribution in [0.3, 0.4) is 0 Å². The summed E-state index contributed by atoms with van der Waals surface area (Å²) in [6, 6.07) is 5.94. The molecule has 2 aromatic heterocycles. The summed E-state index contributed by atoms with van der Waals surface area (Å²) >= 11 is 0. The molecule has 4 rings (SSSR count). The summed E-state index contributed by atoms with van der Waals surface area (Å²) < 4.78 is 23.2. The van der Waals surface area contributed by atoms with E-state index in [1.165, 1.54) is 0 Å². The molecule has 2 aliphatic rings. The van der Waals surface area contributed by atoms with Crippen LogP contribution in [0, 0.1) is 5.92 Å². The Hall–Kier alpha value is -2.02. The maximum atomic E-state index is 12.5. The third-order valence-electron chi connectivity index (χ3n) is 5.32. The number of nitrogens with zero attached hydrogens (tertiary/aromatic N) is 3. The number of hydrogen-bond acceptors (Lipinski definition) is 5. The normalized spacial score (nSPS) is 23.8. The average Bonchev–Trinajstić information content (AvgIpc) is 3.01. The summed E-state index contributed by atoms with van der Waals surface area (Å²) in [5.74, 6) is 0.150. The molecule has 2 aliphatic heterocycles. The van der Waals surface area contributed by atoms with Crippen molar-refractivity contribution in [3.8, 4) is 0 Å². The fourth-order valence-electron chi connectivity index (χ4n) is 3.85. The molecule has 0 aliphatic carbocycles. The van der Waals surface area contributed by atoms with Crippen LogP contribution in [0.2, 0.25) is 0 Å². The van der Waals surface area contributed by atoms with Crippen molar-refractivity contribution in [3.05, 3.63) is 36.3 Å². The zero-order valence-electron chi connectivity index (χ0n) is 14.0. The lowest BCUT2D eigenvalue weighted by molar-refractivity contribution is -0.135. The molecule has 6 nitrogen and oxygen atoms in total. The molecule has 2 fully saturated rings. The standard InChI is InChI=1S/C18H21N3O3S/c22-18(15-5-9-25(23,24)12-15)21-7-3-13(4-8-21)16-10-17-14(11-20-16)2-1-6-19-17/h1-2,6,10-11,13,15H,3-5,7-9,12H2/t15-/m0/s1. The van der Waals surface area contributed by atoms with Crippen LogP contribution in [0.25, 0.3) is 10.9 Å². The van der Waals surface area contributed by atoms with Crippen molar-refractivity contribution >= 4 is 26.6 Å².